The molecule has 2 unspecified atom stereocenters. The first kappa shape index (κ1) is 18.9. The molecule has 1 amide bonds. The second-order valence-electron chi connectivity index (χ2n) is 5.85. The Hall–Kier alpha value is -2.41. The zero-order valence-electron chi connectivity index (χ0n) is 14.0. The molecule has 0 bridgehead atoms. The van der Waals surface area contributed by atoms with Gasteiger partial charge in [-0.2, -0.15) is 5.26 Å². The van der Waals surface area contributed by atoms with E-state index in [1.54, 1.807) is 4.90 Å². The van der Waals surface area contributed by atoms with Crippen LogP contribution in [0.5, 0.6) is 0 Å². The maximum absolute atomic E-state index is 12.5. The Bertz CT molecular complexity index is 802. The molecule has 134 valence electrons. The van der Waals surface area contributed by atoms with Crippen LogP contribution in [0.1, 0.15) is 13.8 Å². The number of nitriles is 1. The van der Waals surface area contributed by atoms with E-state index in [4.69, 9.17) is 9.88 Å². The molecule has 1 aliphatic heterocycles. The van der Waals surface area contributed by atoms with Crippen molar-refractivity contribution in [3.8, 4) is 6.07 Å². The third-order valence-corrected chi connectivity index (χ3v) is 4.55. The number of carbonyl (C=O) groups excluding carboxylic acids is 1. The second-order valence-corrected chi connectivity index (χ2v) is 7.41. The van der Waals surface area contributed by atoms with E-state index < -0.39 is 10.0 Å². The molecule has 0 radical (unpaired) electrons. The molecule has 1 fully saturated rings. The summed E-state index contributed by atoms with van der Waals surface area (Å²) in [4.78, 5) is 14.0. The highest BCUT2D eigenvalue weighted by Crippen LogP contribution is 2.15. The molecular formula is C16H20N4O4S. The molecule has 1 aliphatic rings. The Morgan fingerprint density at radius 3 is 2.36 bits per heavy atom. The number of carbonyl (C=O) groups is 1. The Labute approximate surface area is 146 Å². The lowest BCUT2D eigenvalue weighted by molar-refractivity contribution is -0.138. The van der Waals surface area contributed by atoms with E-state index in [0.717, 1.165) is 0 Å². The number of rotatable bonds is 4. The van der Waals surface area contributed by atoms with Gasteiger partial charge >= 0.3 is 0 Å². The third kappa shape index (κ3) is 5.03. The molecule has 25 heavy (non-hydrogen) atoms. The minimum absolute atomic E-state index is 0.0186. The molecule has 2 atom stereocenters. The summed E-state index contributed by atoms with van der Waals surface area (Å²) in [7, 11) is -3.76. The summed E-state index contributed by atoms with van der Waals surface area (Å²) in [6, 6.07) is 7.55. The number of anilines is 1. The number of nitrogens with two attached hydrogens (primary N) is 1. The van der Waals surface area contributed by atoms with Gasteiger partial charge in [-0.05, 0) is 38.1 Å². The number of nitrogens with one attached hydrogen (secondary N) is 1. The zero-order chi connectivity index (χ0) is 18.6. The molecule has 1 saturated heterocycles. The number of hydrogen-bond donors (Lipinski definition) is 2. The molecule has 9 heteroatoms. The van der Waals surface area contributed by atoms with Gasteiger partial charge in [-0.1, -0.05) is 0 Å². The molecule has 0 aliphatic carbocycles. The van der Waals surface area contributed by atoms with Gasteiger partial charge in [0.25, 0.3) is 5.91 Å². The van der Waals surface area contributed by atoms with Crippen LogP contribution in [0.2, 0.25) is 0 Å². The lowest BCUT2D eigenvalue weighted by Crippen LogP contribution is -2.48. The van der Waals surface area contributed by atoms with E-state index in [0.29, 0.717) is 18.8 Å². The molecular weight excluding hydrogens is 344 g/mol. The van der Waals surface area contributed by atoms with Crippen molar-refractivity contribution in [3.05, 3.63) is 36.0 Å². The number of amides is 1. The Morgan fingerprint density at radius 2 is 1.88 bits per heavy atom. The lowest BCUT2D eigenvalue weighted by Gasteiger charge is -2.35. The quantitative estimate of drug-likeness (QED) is 0.601. The molecule has 1 aromatic carbocycles. The maximum atomic E-state index is 12.5. The summed E-state index contributed by atoms with van der Waals surface area (Å²) in [6.45, 7) is 4.59. The van der Waals surface area contributed by atoms with Gasteiger partial charge in [0.05, 0.1) is 17.1 Å². The van der Waals surface area contributed by atoms with Gasteiger partial charge in [0.2, 0.25) is 10.0 Å². The molecule has 3 N–H and O–H groups in total. The fourth-order valence-electron chi connectivity index (χ4n) is 2.55. The van der Waals surface area contributed by atoms with E-state index in [1.165, 1.54) is 30.5 Å². The highest BCUT2D eigenvalue weighted by atomic mass is 32.2. The van der Waals surface area contributed by atoms with Crippen LogP contribution >= 0.6 is 0 Å². The minimum atomic E-state index is -3.76. The molecule has 0 spiro atoms. The smallest absolute Gasteiger partial charge is 0.266 e. The lowest BCUT2D eigenvalue weighted by atomic mass is 10.2. The summed E-state index contributed by atoms with van der Waals surface area (Å²) < 4.78 is 28.0. The standard InChI is InChI=1S/C16H20N4O4S/c1-11-9-20(10-12(2)24-11)16(21)13(7-17)8-19-14-3-5-15(6-4-14)25(18,22)23/h3-6,8,11-12,19H,9-10H2,1-2H3,(H2,18,22,23)/b13-8-. The van der Waals surface area contributed by atoms with Crippen LogP contribution in [-0.4, -0.2) is 44.5 Å². The van der Waals surface area contributed by atoms with Gasteiger partial charge in [-0.15, -0.1) is 0 Å². The monoisotopic (exact) mass is 364 g/mol. The average Bonchev–Trinajstić information content (AvgIpc) is 2.54. The predicted octanol–water partition coefficient (Wildman–Crippen LogP) is 0.789. The summed E-state index contributed by atoms with van der Waals surface area (Å²) in [6.07, 6.45) is 1.12. The van der Waals surface area contributed by atoms with E-state index in [2.05, 4.69) is 5.32 Å². The highest BCUT2D eigenvalue weighted by molar-refractivity contribution is 7.89. The normalized spacial score (nSPS) is 21.5. The summed E-state index contributed by atoms with van der Waals surface area (Å²) in [5, 5.41) is 17.1. The summed E-state index contributed by atoms with van der Waals surface area (Å²) in [5.41, 5.74) is 0.480. The molecule has 1 aromatic rings. The first-order valence-corrected chi connectivity index (χ1v) is 9.19. The number of sulfonamides is 1. The van der Waals surface area contributed by atoms with Gasteiger partial charge in [0, 0.05) is 25.0 Å². The van der Waals surface area contributed by atoms with Crippen LogP contribution in [0.4, 0.5) is 5.69 Å². The Morgan fingerprint density at radius 1 is 1.32 bits per heavy atom. The fourth-order valence-corrected chi connectivity index (χ4v) is 3.07. The molecule has 0 saturated carbocycles. The van der Waals surface area contributed by atoms with E-state index >= 15 is 0 Å². The first-order valence-electron chi connectivity index (χ1n) is 7.65. The van der Waals surface area contributed by atoms with Gasteiger partial charge < -0.3 is 15.0 Å². The molecule has 1 heterocycles. The van der Waals surface area contributed by atoms with Crippen molar-refractivity contribution < 1.29 is 17.9 Å². The number of primary sulfonamides is 1. The van der Waals surface area contributed by atoms with Crippen LogP contribution in [0.25, 0.3) is 0 Å². The van der Waals surface area contributed by atoms with Crippen LogP contribution in [-0.2, 0) is 19.6 Å². The largest absolute Gasteiger partial charge is 0.372 e. The number of benzene rings is 1. The number of ether oxygens (including phenoxy) is 1. The van der Waals surface area contributed by atoms with Crippen molar-refractivity contribution in [1.82, 2.24) is 4.90 Å². The number of nitrogens with zero attached hydrogens (tertiary/aromatic N) is 2. The van der Waals surface area contributed by atoms with Crippen LogP contribution in [0.15, 0.2) is 40.9 Å². The average molecular weight is 364 g/mol. The van der Waals surface area contributed by atoms with Crippen molar-refractivity contribution in [2.75, 3.05) is 18.4 Å². The number of hydrogen-bond acceptors (Lipinski definition) is 6. The summed E-state index contributed by atoms with van der Waals surface area (Å²) in [5.74, 6) is -0.377. The maximum Gasteiger partial charge on any atom is 0.266 e. The third-order valence-electron chi connectivity index (χ3n) is 3.62. The molecule has 0 aromatic heterocycles. The van der Waals surface area contributed by atoms with Gasteiger partial charge in [0.15, 0.2) is 0 Å². The predicted molar refractivity (Wildman–Crippen MR) is 91.7 cm³/mol. The van der Waals surface area contributed by atoms with E-state index in [-0.39, 0.29) is 28.6 Å². The van der Waals surface area contributed by atoms with Crippen molar-refractivity contribution in [2.24, 2.45) is 5.14 Å². The Kier molecular flexibility index (Phi) is 5.79. The van der Waals surface area contributed by atoms with Crippen molar-refractivity contribution >= 4 is 21.6 Å². The highest BCUT2D eigenvalue weighted by Gasteiger charge is 2.27. The van der Waals surface area contributed by atoms with Crippen LogP contribution < -0.4 is 10.5 Å². The zero-order valence-corrected chi connectivity index (χ0v) is 14.8. The first-order chi connectivity index (χ1) is 11.7. The fraction of sp³-hybridized carbons (Fsp3) is 0.375. The van der Waals surface area contributed by atoms with Crippen molar-refractivity contribution in [1.29, 1.82) is 5.26 Å². The van der Waals surface area contributed by atoms with E-state index in [9.17, 15) is 18.5 Å². The number of morpholine rings is 1. The van der Waals surface area contributed by atoms with Crippen molar-refractivity contribution in [2.45, 2.75) is 31.0 Å². The summed E-state index contributed by atoms with van der Waals surface area (Å²) >= 11 is 0. The van der Waals surface area contributed by atoms with Crippen LogP contribution in [0.3, 0.4) is 0 Å². The van der Waals surface area contributed by atoms with Crippen LogP contribution in [0, 0.1) is 11.3 Å². The Balaban J connectivity index is 2.10. The minimum Gasteiger partial charge on any atom is -0.372 e. The van der Waals surface area contributed by atoms with Gasteiger partial charge in [-0.25, -0.2) is 13.6 Å². The second kappa shape index (κ2) is 7.65. The van der Waals surface area contributed by atoms with Gasteiger partial charge in [0.1, 0.15) is 11.6 Å². The SMILES string of the molecule is CC1CN(C(=O)/C(C#N)=C\Nc2ccc(S(N)(=O)=O)cc2)CC(C)O1. The topological polar surface area (TPSA) is 126 Å². The van der Waals surface area contributed by atoms with Gasteiger partial charge in [-0.3, -0.25) is 4.79 Å². The molecule has 8 nitrogen and oxygen atoms in total. The van der Waals surface area contributed by atoms with Crippen molar-refractivity contribution in [3.63, 3.8) is 0 Å². The molecule has 2 rings (SSSR count). The van der Waals surface area contributed by atoms with E-state index in [1.807, 2.05) is 19.9 Å².